The van der Waals surface area contributed by atoms with Gasteiger partial charge in [0.1, 0.15) is 17.0 Å². The minimum absolute atomic E-state index is 0.0340. The van der Waals surface area contributed by atoms with Crippen LogP contribution in [0.25, 0.3) is 16.3 Å². The molecule has 0 radical (unpaired) electrons. The Bertz CT molecular complexity index is 991. The van der Waals surface area contributed by atoms with Gasteiger partial charge in [0.2, 0.25) is 5.91 Å². The summed E-state index contributed by atoms with van der Waals surface area (Å²) in [5.74, 6) is 0.564. The lowest BCUT2D eigenvalue weighted by Gasteiger charge is -2.26. The summed E-state index contributed by atoms with van der Waals surface area (Å²) in [6.07, 6.45) is 6.84. The van der Waals surface area contributed by atoms with Gasteiger partial charge in [-0.1, -0.05) is 31.2 Å². The number of thiophene rings is 1. The average Bonchev–Trinajstić information content (AvgIpc) is 3.05. The minimum atomic E-state index is 0.0340. The fourth-order valence-corrected chi connectivity index (χ4v) is 4.49. The topological polar surface area (TPSA) is 72.1 Å². The number of carbonyl (C=O) groups excluding carboxylic acids is 1. The first-order valence-electron chi connectivity index (χ1n) is 8.72. The summed E-state index contributed by atoms with van der Waals surface area (Å²) in [5.41, 5.74) is 9.55. The predicted molar refractivity (Wildman–Crippen MR) is 106 cm³/mol. The molecule has 5 nitrogen and oxygen atoms in total. The normalized spacial score (nSPS) is 14.1. The van der Waals surface area contributed by atoms with E-state index in [1.54, 1.807) is 17.4 Å². The molecule has 4 rings (SSSR count). The van der Waals surface area contributed by atoms with Crippen LogP contribution in [0.2, 0.25) is 0 Å². The number of benzene rings is 1. The highest BCUT2D eigenvalue weighted by molar-refractivity contribution is 7.19. The van der Waals surface area contributed by atoms with Gasteiger partial charge >= 0.3 is 0 Å². The number of carbonyl (C=O) groups is 1. The summed E-state index contributed by atoms with van der Waals surface area (Å²) in [6, 6.07) is 8.29. The van der Waals surface area contributed by atoms with Crippen molar-refractivity contribution in [1.29, 1.82) is 0 Å². The predicted octanol–water partition coefficient (Wildman–Crippen LogP) is 3.43. The van der Waals surface area contributed by atoms with Crippen molar-refractivity contribution < 1.29 is 4.79 Å². The molecule has 0 unspecified atom stereocenters. The lowest BCUT2D eigenvalue weighted by atomic mass is 10.0. The summed E-state index contributed by atoms with van der Waals surface area (Å²) in [7, 11) is 0. The van der Waals surface area contributed by atoms with Crippen molar-refractivity contribution in [1.82, 2.24) is 14.9 Å². The molecule has 0 saturated carbocycles. The van der Waals surface area contributed by atoms with Crippen molar-refractivity contribution in [2.24, 2.45) is 0 Å². The summed E-state index contributed by atoms with van der Waals surface area (Å²) in [6.45, 7) is 3.42. The molecule has 3 heterocycles. The second-order valence-corrected chi connectivity index (χ2v) is 7.46. The maximum atomic E-state index is 12.6. The van der Waals surface area contributed by atoms with Crippen molar-refractivity contribution in [3.8, 4) is 0 Å². The Balaban J connectivity index is 1.51. The number of aromatic nitrogens is 2. The van der Waals surface area contributed by atoms with Crippen molar-refractivity contribution in [2.75, 3.05) is 12.3 Å². The molecular weight excluding hydrogens is 344 g/mol. The van der Waals surface area contributed by atoms with Gasteiger partial charge in [-0.05, 0) is 35.6 Å². The largest absolute Gasteiger partial charge is 0.383 e. The molecule has 2 N–H and O–H groups in total. The van der Waals surface area contributed by atoms with Crippen LogP contribution in [0.3, 0.4) is 0 Å². The summed E-state index contributed by atoms with van der Waals surface area (Å²) >= 11 is 1.60. The van der Waals surface area contributed by atoms with E-state index < -0.39 is 0 Å². The molecule has 1 aromatic carbocycles. The molecular formula is C20H20N4OS. The molecule has 0 bridgehead atoms. The van der Waals surface area contributed by atoms with E-state index in [0.29, 0.717) is 18.9 Å². The number of hydrogen-bond donors (Lipinski definition) is 1. The molecule has 0 saturated heterocycles. The number of amides is 1. The summed E-state index contributed by atoms with van der Waals surface area (Å²) in [4.78, 5) is 24.9. The maximum absolute atomic E-state index is 12.6. The quantitative estimate of drug-likeness (QED) is 0.723. The lowest BCUT2D eigenvalue weighted by molar-refractivity contribution is -0.126. The number of anilines is 1. The highest BCUT2D eigenvalue weighted by atomic mass is 32.1. The highest BCUT2D eigenvalue weighted by Crippen LogP contribution is 2.36. The molecule has 0 fully saturated rings. The van der Waals surface area contributed by atoms with Gasteiger partial charge in [-0.2, -0.15) is 0 Å². The first-order valence-corrected chi connectivity index (χ1v) is 9.54. The highest BCUT2D eigenvalue weighted by Gasteiger charge is 2.24. The molecule has 6 heteroatoms. The van der Waals surface area contributed by atoms with Crippen LogP contribution < -0.4 is 5.73 Å². The number of aryl methyl sites for hydroxylation is 1. The van der Waals surface area contributed by atoms with Crippen molar-refractivity contribution in [2.45, 2.75) is 26.3 Å². The molecule has 2 aromatic heterocycles. The van der Waals surface area contributed by atoms with Crippen LogP contribution in [0.5, 0.6) is 0 Å². The van der Waals surface area contributed by atoms with Gasteiger partial charge in [0, 0.05) is 17.5 Å². The molecule has 3 aromatic rings. The molecule has 1 aliphatic heterocycles. The van der Waals surface area contributed by atoms with E-state index in [9.17, 15) is 4.79 Å². The minimum Gasteiger partial charge on any atom is -0.383 e. The van der Waals surface area contributed by atoms with Gasteiger partial charge in [0.25, 0.3) is 0 Å². The van der Waals surface area contributed by atoms with Crippen LogP contribution in [0.4, 0.5) is 5.82 Å². The Morgan fingerprint density at radius 1 is 1.31 bits per heavy atom. The number of fused-ring (bicyclic) bond motifs is 3. The first-order chi connectivity index (χ1) is 12.7. The Hall–Kier alpha value is -2.73. The first kappa shape index (κ1) is 16.7. The van der Waals surface area contributed by atoms with Gasteiger partial charge in [-0.15, -0.1) is 11.3 Å². The van der Waals surface area contributed by atoms with E-state index in [1.807, 2.05) is 23.1 Å². The third-order valence-electron chi connectivity index (χ3n) is 4.78. The van der Waals surface area contributed by atoms with E-state index in [2.05, 4.69) is 29.0 Å². The van der Waals surface area contributed by atoms with E-state index >= 15 is 0 Å². The number of nitrogens with two attached hydrogens (primary N) is 1. The molecule has 0 spiro atoms. The Kier molecular flexibility index (Phi) is 4.42. The number of nitrogens with zero attached hydrogens (tertiary/aromatic N) is 3. The number of hydrogen-bond acceptors (Lipinski definition) is 5. The van der Waals surface area contributed by atoms with E-state index in [0.717, 1.165) is 33.5 Å². The lowest BCUT2D eigenvalue weighted by Crippen LogP contribution is -2.34. The van der Waals surface area contributed by atoms with Gasteiger partial charge in [0.15, 0.2) is 0 Å². The zero-order valence-corrected chi connectivity index (χ0v) is 15.4. The monoisotopic (exact) mass is 364 g/mol. The molecule has 132 valence electrons. The smallest absolute Gasteiger partial charge is 0.246 e. The third kappa shape index (κ3) is 3.08. The second kappa shape index (κ2) is 6.88. The second-order valence-electron chi connectivity index (χ2n) is 6.38. The zero-order chi connectivity index (χ0) is 18.1. The van der Waals surface area contributed by atoms with Crippen LogP contribution in [-0.2, 0) is 24.2 Å². The van der Waals surface area contributed by atoms with Gasteiger partial charge in [0.05, 0.1) is 11.9 Å². The van der Waals surface area contributed by atoms with E-state index in [4.69, 9.17) is 5.73 Å². The molecule has 1 amide bonds. The standard InChI is InChI=1S/C20H20N4OS/c1-2-13-3-5-14(6-4-13)7-8-17(25)24-10-9-15-16(11-24)26-20-18(15)19(21)22-12-23-20/h3-8,12H,2,9-11H2,1H3,(H2,21,22,23). The van der Waals surface area contributed by atoms with Crippen molar-refractivity contribution in [3.63, 3.8) is 0 Å². The van der Waals surface area contributed by atoms with Crippen LogP contribution in [0.15, 0.2) is 36.7 Å². The van der Waals surface area contributed by atoms with Crippen LogP contribution in [-0.4, -0.2) is 27.3 Å². The Labute approximate surface area is 156 Å². The SMILES string of the molecule is CCc1ccc(C=CC(=O)N2CCc3c(sc4ncnc(N)c34)C2)cc1. The van der Waals surface area contributed by atoms with E-state index in [1.165, 1.54) is 17.5 Å². The van der Waals surface area contributed by atoms with E-state index in [-0.39, 0.29) is 5.91 Å². The van der Waals surface area contributed by atoms with Gasteiger partial charge < -0.3 is 10.6 Å². The molecule has 0 atom stereocenters. The fourth-order valence-electron chi connectivity index (χ4n) is 3.28. The van der Waals surface area contributed by atoms with Gasteiger partial charge in [-0.3, -0.25) is 4.79 Å². The van der Waals surface area contributed by atoms with Crippen LogP contribution in [0, 0.1) is 0 Å². The summed E-state index contributed by atoms with van der Waals surface area (Å²) < 4.78 is 0. The molecule has 1 aliphatic rings. The number of nitrogen functional groups attached to an aromatic ring is 1. The third-order valence-corrected chi connectivity index (χ3v) is 5.91. The van der Waals surface area contributed by atoms with Crippen LogP contribution >= 0.6 is 11.3 Å². The Morgan fingerprint density at radius 3 is 2.88 bits per heavy atom. The van der Waals surface area contributed by atoms with Crippen LogP contribution in [0.1, 0.15) is 28.5 Å². The zero-order valence-electron chi connectivity index (χ0n) is 14.6. The number of rotatable bonds is 3. The molecule has 26 heavy (non-hydrogen) atoms. The Morgan fingerprint density at radius 2 is 2.12 bits per heavy atom. The van der Waals surface area contributed by atoms with Crippen molar-refractivity contribution in [3.05, 3.63) is 58.2 Å². The fraction of sp³-hybridized carbons (Fsp3) is 0.250. The maximum Gasteiger partial charge on any atom is 0.246 e. The molecule has 0 aliphatic carbocycles. The van der Waals surface area contributed by atoms with Crippen molar-refractivity contribution >= 4 is 39.4 Å². The van der Waals surface area contributed by atoms with Gasteiger partial charge in [-0.25, -0.2) is 9.97 Å². The summed E-state index contributed by atoms with van der Waals surface area (Å²) in [5, 5.41) is 0.964. The average molecular weight is 364 g/mol.